The number of amides is 1. The number of hydrogen-bond acceptors (Lipinski definition) is 1. The molecule has 0 aromatic heterocycles. The Morgan fingerprint density at radius 3 is 3.00 bits per heavy atom. The number of rotatable bonds is 2. The van der Waals surface area contributed by atoms with Gasteiger partial charge in [-0.3, -0.25) is 0 Å². The van der Waals surface area contributed by atoms with Crippen LogP contribution in [0, 0.1) is 0 Å². The molecule has 0 spiro atoms. The van der Waals surface area contributed by atoms with E-state index in [1.54, 1.807) is 0 Å². The number of hydrogen-bond donors (Lipinski definition) is 2. The molecule has 0 heterocycles. The molecule has 62 valence electrons. The molecule has 1 aliphatic rings. The van der Waals surface area contributed by atoms with Crippen LogP contribution >= 0.6 is 0 Å². The molecule has 0 radical (unpaired) electrons. The maximum absolute atomic E-state index is 10.1. The van der Waals surface area contributed by atoms with Gasteiger partial charge in [0.15, 0.2) is 0 Å². The predicted octanol–water partition coefficient (Wildman–Crippen LogP) is 1.75. The zero-order chi connectivity index (χ0) is 8.10. The van der Waals surface area contributed by atoms with Crippen molar-refractivity contribution >= 4 is 6.09 Å². The van der Waals surface area contributed by atoms with E-state index in [2.05, 4.69) is 11.4 Å². The zero-order valence-corrected chi connectivity index (χ0v) is 6.47. The molecule has 1 aliphatic carbocycles. The SMILES string of the molecule is O=C(O)NCC1=CCCCC1. The first-order valence-corrected chi connectivity index (χ1v) is 3.94. The van der Waals surface area contributed by atoms with Crippen LogP contribution in [0.25, 0.3) is 0 Å². The Balaban J connectivity index is 2.24. The Hall–Kier alpha value is -0.990. The quantitative estimate of drug-likeness (QED) is 0.597. The van der Waals surface area contributed by atoms with Crippen LogP contribution in [0.5, 0.6) is 0 Å². The molecule has 1 rings (SSSR count). The number of carboxylic acid groups (broad SMARTS) is 1. The average molecular weight is 155 g/mol. The molecular weight excluding hydrogens is 142 g/mol. The summed E-state index contributed by atoms with van der Waals surface area (Å²) in [7, 11) is 0. The van der Waals surface area contributed by atoms with Crippen molar-refractivity contribution in [3.8, 4) is 0 Å². The molecule has 3 nitrogen and oxygen atoms in total. The third-order valence-electron chi connectivity index (χ3n) is 1.85. The number of carbonyl (C=O) groups is 1. The summed E-state index contributed by atoms with van der Waals surface area (Å²) < 4.78 is 0. The van der Waals surface area contributed by atoms with Crippen molar-refractivity contribution < 1.29 is 9.90 Å². The van der Waals surface area contributed by atoms with Gasteiger partial charge in [0.1, 0.15) is 0 Å². The lowest BCUT2D eigenvalue weighted by molar-refractivity contribution is 0.195. The van der Waals surface area contributed by atoms with Crippen molar-refractivity contribution in [3.63, 3.8) is 0 Å². The fourth-order valence-corrected chi connectivity index (χ4v) is 1.25. The molecule has 0 unspecified atom stereocenters. The van der Waals surface area contributed by atoms with Crippen molar-refractivity contribution in [1.29, 1.82) is 0 Å². The van der Waals surface area contributed by atoms with Crippen LogP contribution < -0.4 is 5.32 Å². The topological polar surface area (TPSA) is 49.3 Å². The molecule has 11 heavy (non-hydrogen) atoms. The van der Waals surface area contributed by atoms with Crippen LogP contribution in [-0.4, -0.2) is 17.7 Å². The monoisotopic (exact) mass is 155 g/mol. The predicted molar refractivity (Wildman–Crippen MR) is 42.6 cm³/mol. The molecule has 0 saturated heterocycles. The Labute approximate surface area is 66.1 Å². The first-order chi connectivity index (χ1) is 5.29. The molecule has 2 N–H and O–H groups in total. The molecule has 0 aliphatic heterocycles. The molecular formula is C8H13NO2. The van der Waals surface area contributed by atoms with E-state index >= 15 is 0 Å². The standard InChI is InChI=1S/C8H13NO2/c10-8(11)9-6-7-4-2-1-3-5-7/h4,9H,1-3,5-6H2,(H,10,11). The van der Waals surface area contributed by atoms with E-state index in [-0.39, 0.29) is 0 Å². The lowest BCUT2D eigenvalue weighted by atomic mass is 10.00. The lowest BCUT2D eigenvalue weighted by Gasteiger charge is -2.11. The Morgan fingerprint density at radius 1 is 1.64 bits per heavy atom. The van der Waals surface area contributed by atoms with Crippen molar-refractivity contribution in [1.82, 2.24) is 5.32 Å². The van der Waals surface area contributed by atoms with E-state index in [0.29, 0.717) is 6.54 Å². The van der Waals surface area contributed by atoms with Crippen molar-refractivity contribution in [2.75, 3.05) is 6.54 Å². The Kier molecular flexibility index (Phi) is 2.95. The summed E-state index contributed by atoms with van der Waals surface area (Å²) in [5.74, 6) is 0. The van der Waals surface area contributed by atoms with E-state index in [4.69, 9.17) is 5.11 Å². The van der Waals surface area contributed by atoms with Crippen LogP contribution in [0.1, 0.15) is 25.7 Å². The number of nitrogens with one attached hydrogen (secondary N) is 1. The lowest BCUT2D eigenvalue weighted by Crippen LogP contribution is -2.23. The first kappa shape index (κ1) is 8.11. The second kappa shape index (κ2) is 4.01. The summed E-state index contributed by atoms with van der Waals surface area (Å²) in [6, 6.07) is 0. The summed E-state index contributed by atoms with van der Waals surface area (Å²) in [6.45, 7) is 0.509. The van der Waals surface area contributed by atoms with Gasteiger partial charge in [0.25, 0.3) is 0 Å². The third kappa shape index (κ3) is 3.07. The minimum atomic E-state index is -0.934. The molecule has 0 aromatic carbocycles. The van der Waals surface area contributed by atoms with Crippen LogP contribution in [0.3, 0.4) is 0 Å². The van der Waals surface area contributed by atoms with Crippen molar-refractivity contribution in [3.05, 3.63) is 11.6 Å². The maximum Gasteiger partial charge on any atom is 0.404 e. The van der Waals surface area contributed by atoms with E-state index in [1.165, 1.54) is 18.4 Å². The van der Waals surface area contributed by atoms with Crippen LogP contribution in [-0.2, 0) is 0 Å². The Bertz CT molecular complexity index is 175. The molecule has 0 saturated carbocycles. The third-order valence-corrected chi connectivity index (χ3v) is 1.85. The second-order valence-electron chi connectivity index (χ2n) is 2.77. The van der Waals surface area contributed by atoms with Crippen LogP contribution in [0.15, 0.2) is 11.6 Å². The summed E-state index contributed by atoms with van der Waals surface area (Å²) in [5, 5.41) is 10.7. The van der Waals surface area contributed by atoms with E-state index < -0.39 is 6.09 Å². The van der Waals surface area contributed by atoms with Gasteiger partial charge in [-0.25, -0.2) is 4.79 Å². The molecule has 0 atom stereocenters. The molecule has 0 aromatic rings. The molecule has 0 bridgehead atoms. The highest BCUT2D eigenvalue weighted by Gasteiger charge is 2.03. The van der Waals surface area contributed by atoms with Gasteiger partial charge in [0.2, 0.25) is 0 Å². The van der Waals surface area contributed by atoms with Gasteiger partial charge in [-0.1, -0.05) is 11.6 Å². The normalized spacial score (nSPS) is 17.3. The van der Waals surface area contributed by atoms with E-state index in [0.717, 1.165) is 12.8 Å². The van der Waals surface area contributed by atoms with Gasteiger partial charge in [-0.05, 0) is 25.7 Å². The average Bonchev–Trinajstić information content (AvgIpc) is 2.03. The number of allylic oxidation sites excluding steroid dienone is 1. The van der Waals surface area contributed by atoms with Crippen LogP contribution in [0.4, 0.5) is 4.79 Å². The minimum absolute atomic E-state index is 0.509. The van der Waals surface area contributed by atoms with Gasteiger partial charge in [-0.2, -0.15) is 0 Å². The summed E-state index contributed by atoms with van der Waals surface area (Å²) >= 11 is 0. The maximum atomic E-state index is 10.1. The second-order valence-corrected chi connectivity index (χ2v) is 2.77. The highest BCUT2D eigenvalue weighted by atomic mass is 16.4. The molecule has 3 heteroatoms. The van der Waals surface area contributed by atoms with E-state index in [9.17, 15) is 4.79 Å². The highest BCUT2D eigenvalue weighted by molar-refractivity contribution is 5.64. The highest BCUT2D eigenvalue weighted by Crippen LogP contribution is 2.15. The fraction of sp³-hybridized carbons (Fsp3) is 0.625. The van der Waals surface area contributed by atoms with Gasteiger partial charge in [0.05, 0.1) is 0 Å². The van der Waals surface area contributed by atoms with Gasteiger partial charge in [-0.15, -0.1) is 0 Å². The first-order valence-electron chi connectivity index (χ1n) is 3.94. The van der Waals surface area contributed by atoms with Crippen molar-refractivity contribution in [2.24, 2.45) is 0 Å². The zero-order valence-electron chi connectivity index (χ0n) is 6.47. The smallest absolute Gasteiger partial charge is 0.404 e. The summed E-state index contributed by atoms with van der Waals surface area (Å²) in [4.78, 5) is 10.1. The van der Waals surface area contributed by atoms with Crippen LogP contribution in [0.2, 0.25) is 0 Å². The van der Waals surface area contributed by atoms with Gasteiger partial charge < -0.3 is 10.4 Å². The van der Waals surface area contributed by atoms with Crippen molar-refractivity contribution in [2.45, 2.75) is 25.7 Å². The summed E-state index contributed by atoms with van der Waals surface area (Å²) in [5.41, 5.74) is 1.23. The Morgan fingerprint density at radius 2 is 2.45 bits per heavy atom. The molecule has 0 fully saturated rings. The van der Waals surface area contributed by atoms with E-state index in [1.807, 2.05) is 0 Å². The molecule has 1 amide bonds. The fourth-order valence-electron chi connectivity index (χ4n) is 1.25. The minimum Gasteiger partial charge on any atom is -0.465 e. The van der Waals surface area contributed by atoms with Gasteiger partial charge >= 0.3 is 6.09 Å². The summed E-state index contributed by atoms with van der Waals surface area (Å²) in [6.07, 6.45) is 5.82. The van der Waals surface area contributed by atoms with Gasteiger partial charge in [0, 0.05) is 6.54 Å². The largest absolute Gasteiger partial charge is 0.465 e.